The predicted molar refractivity (Wildman–Crippen MR) is 69.1 cm³/mol. The molecular formula is C13H15F3N2O3. The van der Waals surface area contributed by atoms with Gasteiger partial charge in [0.2, 0.25) is 11.8 Å². The van der Waals surface area contributed by atoms with Crippen molar-refractivity contribution < 1.29 is 27.5 Å². The van der Waals surface area contributed by atoms with E-state index in [1.165, 1.54) is 18.9 Å². The molecule has 1 aromatic rings. The highest BCUT2D eigenvalue weighted by Gasteiger charge is 2.17. The Bertz CT molecular complexity index is 538. The summed E-state index contributed by atoms with van der Waals surface area (Å²) in [6.45, 7) is 1.32. The van der Waals surface area contributed by atoms with Crippen molar-refractivity contribution in [3.8, 4) is 0 Å². The number of nitrogens with one attached hydrogen (secondary N) is 1. The zero-order valence-corrected chi connectivity index (χ0v) is 11.6. The van der Waals surface area contributed by atoms with E-state index in [4.69, 9.17) is 4.74 Å². The number of hydrogen-bond acceptors (Lipinski definition) is 3. The second-order valence-electron chi connectivity index (χ2n) is 4.20. The van der Waals surface area contributed by atoms with Crippen molar-refractivity contribution in [1.29, 1.82) is 0 Å². The highest BCUT2D eigenvalue weighted by atomic mass is 19.2. The average molecular weight is 304 g/mol. The summed E-state index contributed by atoms with van der Waals surface area (Å²) in [5.74, 6) is -5.61. The summed E-state index contributed by atoms with van der Waals surface area (Å²) in [7, 11) is 1.44. The lowest BCUT2D eigenvalue weighted by Gasteiger charge is -2.20. The molecule has 0 aliphatic heterocycles. The van der Waals surface area contributed by atoms with Gasteiger partial charge in [-0.15, -0.1) is 0 Å². The second kappa shape index (κ2) is 7.63. The third-order valence-corrected chi connectivity index (χ3v) is 2.65. The van der Waals surface area contributed by atoms with E-state index in [0.717, 1.165) is 6.07 Å². The molecule has 2 amide bonds. The molecule has 1 rings (SSSR count). The van der Waals surface area contributed by atoms with Crippen molar-refractivity contribution in [1.82, 2.24) is 4.90 Å². The number of benzene rings is 1. The molecule has 1 aromatic carbocycles. The van der Waals surface area contributed by atoms with Gasteiger partial charge < -0.3 is 15.0 Å². The van der Waals surface area contributed by atoms with Crippen LogP contribution >= 0.6 is 0 Å². The maximum absolute atomic E-state index is 13.4. The van der Waals surface area contributed by atoms with Gasteiger partial charge in [-0.2, -0.15) is 0 Å². The van der Waals surface area contributed by atoms with E-state index in [-0.39, 0.29) is 25.6 Å². The second-order valence-corrected chi connectivity index (χ2v) is 4.20. The van der Waals surface area contributed by atoms with E-state index in [9.17, 15) is 22.8 Å². The first-order valence-corrected chi connectivity index (χ1v) is 6.04. The van der Waals surface area contributed by atoms with Crippen molar-refractivity contribution in [2.24, 2.45) is 0 Å². The Labute approximate surface area is 119 Å². The van der Waals surface area contributed by atoms with Crippen LogP contribution in [0.4, 0.5) is 18.9 Å². The molecule has 8 heteroatoms. The van der Waals surface area contributed by atoms with Crippen molar-refractivity contribution in [3.63, 3.8) is 0 Å². The van der Waals surface area contributed by atoms with E-state index < -0.39 is 29.0 Å². The molecule has 116 valence electrons. The molecule has 0 saturated carbocycles. The molecule has 0 saturated heterocycles. The van der Waals surface area contributed by atoms with Crippen molar-refractivity contribution in [3.05, 3.63) is 29.6 Å². The molecule has 5 nitrogen and oxygen atoms in total. The largest absolute Gasteiger partial charge is 0.383 e. The molecule has 0 atom stereocenters. The molecule has 0 aromatic heterocycles. The molecule has 0 spiro atoms. The van der Waals surface area contributed by atoms with Crippen LogP contribution in [0.2, 0.25) is 0 Å². The maximum atomic E-state index is 13.4. The molecular weight excluding hydrogens is 289 g/mol. The lowest BCUT2D eigenvalue weighted by molar-refractivity contribution is -0.133. The van der Waals surface area contributed by atoms with Gasteiger partial charge in [0.25, 0.3) is 0 Å². The van der Waals surface area contributed by atoms with Crippen LogP contribution in [0.1, 0.15) is 6.92 Å². The fraction of sp³-hybridized carbons (Fsp3) is 0.385. The fourth-order valence-electron chi connectivity index (χ4n) is 1.53. The van der Waals surface area contributed by atoms with E-state index in [0.29, 0.717) is 6.07 Å². The number of hydrogen-bond donors (Lipinski definition) is 1. The first-order valence-electron chi connectivity index (χ1n) is 6.04. The third-order valence-electron chi connectivity index (χ3n) is 2.65. The van der Waals surface area contributed by atoms with E-state index in [2.05, 4.69) is 5.32 Å². The van der Waals surface area contributed by atoms with Crippen LogP contribution in [-0.2, 0) is 14.3 Å². The first-order chi connectivity index (χ1) is 9.86. The number of carbonyl (C=O) groups excluding carboxylic acids is 2. The summed E-state index contributed by atoms with van der Waals surface area (Å²) in [6, 6.07) is 1.60. The van der Waals surface area contributed by atoms with Crippen molar-refractivity contribution >= 4 is 17.5 Å². The maximum Gasteiger partial charge on any atom is 0.244 e. The van der Waals surface area contributed by atoms with Gasteiger partial charge in [0.1, 0.15) is 0 Å². The van der Waals surface area contributed by atoms with Gasteiger partial charge >= 0.3 is 0 Å². The molecule has 0 aliphatic rings. The number of rotatable bonds is 6. The summed E-state index contributed by atoms with van der Waals surface area (Å²) in [5, 5.41) is 2.08. The number of amides is 2. The molecule has 0 radical (unpaired) electrons. The van der Waals surface area contributed by atoms with E-state index in [1.54, 1.807) is 0 Å². The molecule has 0 heterocycles. The fourth-order valence-corrected chi connectivity index (χ4v) is 1.53. The summed E-state index contributed by atoms with van der Waals surface area (Å²) >= 11 is 0. The number of methoxy groups -OCH3 is 1. The zero-order valence-electron chi connectivity index (χ0n) is 11.6. The Morgan fingerprint density at radius 2 is 1.90 bits per heavy atom. The Kier molecular flexibility index (Phi) is 6.16. The van der Waals surface area contributed by atoms with Crippen LogP contribution in [0.5, 0.6) is 0 Å². The molecule has 21 heavy (non-hydrogen) atoms. The monoisotopic (exact) mass is 304 g/mol. The minimum atomic E-state index is -1.67. The van der Waals surface area contributed by atoms with Crippen molar-refractivity contribution in [2.75, 3.05) is 32.1 Å². The Hall–Kier alpha value is -2.09. The number of anilines is 1. The number of nitrogens with zero attached hydrogens (tertiary/aromatic N) is 1. The standard InChI is InChI=1S/C13H15F3N2O3/c1-8(19)18(5-6-21-2)7-11(20)17-10-4-3-9(14)12(15)13(10)16/h3-4H,5-7H2,1-2H3,(H,17,20). The van der Waals surface area contributed by atoms with Gasteiger partial charge in [0.05, 0.1) is 18.8 Å². The number of ether oxygens (including phenoxy) is 1. The average Bonchev–Trinajstić information content (AvgIpc) is 2.43. The molecule has 1 N–H and O–H groups in total. The highest BCUT2D eigenvalue weighted by Crippen LogP contribution is 2.19. The van der Waals surface area contributed by atoms with E-state index in [1.807, 2.05) is 0 Å². The number of carbonyl (C=O) groups is 2. The van der Waals surface area contributed by atoms with Crippen LogP contribution in [0.3, 0.4) is 0 Å². The summed E-state index contributed by atoms with van der Waals surface area (Å²) in [5.41, 5.74) is -0.492. The number of halogens is 3. The Balaban J connectivity index is 2.72. The van der Waals surface area contributed by atoms with Gasteiger partial charge in [0.15, 0.2) is 17.5 Å². The minimum Gasteiger partial charge on any atom is -0.383 e. The van der Waals surface area contributed by atoms with Crippen LogP contribution in [0.25, 0.3) is 0 Å². The molecule has 0 fully saturated rings. The first kappa shape index (κ1) is 17.0. The lowest BCUT2D eigenvalue weighted by Crippen LogP contribution is -2.38. The summed E-state index contributed by atoms with van der Waals surface area (Å²) < 4.78 is 44.0. The van der Waals surface area contributed by atoms with Crippen molar-refractivity contribution in [2.45, 2.75) is 6.92 Å². The minimum absolute atomic E-state index is 0.180. The molecule has 0 unspecified atom stereocenters. The van der Waals surface area contributed by atoms with Gasteiger partial charge in [-0.25, -0.2) is 13.2 Å². The lowest BCUT2D eigenvalue weighted by atomic mass is 10.2. The van der Waals surface area contributed by atoms with Crippen LogP contribution in [-0.4, -0.2) is 43.5 Å². The summed E-state index contributed by atoms with van der Waals surface area (Å²) in [6.07, 6.45) is 0. The molecule has 0 aliphatic carbocycles. The smallest absolute Gasteiger partial charge is 0.244 e. The van der Waals surface area contributed by atoms with E-state index >= 15 is 0 Å². The Morgan fingerprint density at radius 3 is 2.48 bits per heavy atom. The molecule has 0 bridgehead atoms. The predicted octanol–water partition coefficient (Wildman–Crippen LogP) is 1.54. The van der Waals surface area contributed by atoms with Crippen LogP contribution < -0.4 is 5.32 Å². The topological polar surface area (TPSA) is 58.6 Å². The zero-order chi connectivity index (χ0) is 16.0. The quantitative estimate of drug-likeness (QED) is 0.811. The summed E-state index contributed by atoms with van der Waals surface area (Å²) in [4.78, 5) is 24.2. The highest BCUT2D eigenvalue weighted by molar-refractivity contribution is 5.94. The van der Waals surface area contributed by atoms with Gasteiger partial charge in [-0.1, -0.05) is 0 Å². The normalized spacial score (nSPS) is 10.3. The SMILES string of the molecule is COCCN(CC(=O)Nc1ccc(F)c(F)c1F)C(C)=O. The Morgan fingerprint density at radius 1 is 1.24 bits per heavy atom. The van der Waals surface area contributed by atoms with Gasteiger partial charge in [-0.3, -0.25) is 9.59 Å². The van der Waals surface area contributed by atoms with Crippen LogP contribution in [0.15, 0.2) is 12.1 Å². The van der Waals surface area contributed by atoms with Gasteiger partial charge in [0, 0.05) is 20.6 Å². The third kappa shape index (κ3) is 4.75. The van der Waals surface area contributed by atoms with Crippen LogP contribution in [0, 0.1) is 17.5 Å². The van der Waals surface area contributed by atoms with Gasteiger partial charge in [-0.05, 0) is 12.1 Å².